The Morgan fingerprint density at radius 1 is 1.09 bits per heavy atom. The molecule has 0 radical (unpaired) electrons. The van der Waals surface area contributed by atoms with Crippen LogP contribution >= 0.6 is 34.7 Å². The van der Waals surface area contributed by atoms with Crippen LogP contribution in [-0.2, 0) is 15.3 Å². The van der Waals surface area contributed by atoms with Gasteiger partial charge in [-0.2, -0.15) is 0 Å². The third-order valence-electron chi connectivity index (χ3n) is 6.68. The first-order valence-corrected chi connectivity index (χ1v) is 15.4. The zero-order valence-corrected chi connectivity index (χ0v) is 25.0. The number of carbonyl (C=O) groups excluding carboxylic acids is 2. The Kier molecular flexibility index (Phi) is 8.37. The third-order valence-corrected chi connectivity index (χ3v) is 9.06. The number of ketones is 1. The van der Waals surface area contributed by atoms with Crippen molar-refractivity contribution in [2.75, 3.05) is 24.7 Å². The maximum atomic E-state index is 13.6. The molecule has 0 aliphatic carbocycles. The summed E-state index contributed by atoms with van der Waals surface area (Å²) in [4.78, 5) is 28.5. The average molecular weight is 634 g/mol. The number of rotatable bonds is 9. The second kappa shape index (κ2) is 12.5. The van der Waals surface area contributed by atoms with Crippen molar-refractivity contribution >= 4 is 57.3 Å². The van der Waals surface area contributed by atoms with Gasteiger partial charge in [0.15, 0.2) is 15.8 Å². The summed E-state index contributed by atoms with van der Waals surface area (Å²) < 4.78 is 17.6. The number of fused-ring (bicyclic) bond motifs is 1. The van der Waals surface area contributed by atoms with E-state index in [1.165, 1.54) is 28.0 Å². The van der Waals surface area contributed by atoms with Gasteiger partial charge < -0.3 is 19.3 Å². The van der Waals surface area contributed by atoms with Crippen LogP contribution in [0.3, 0.4) is 0 Å². The molecule has 1 N–H and O–H groups in total. The Morgan fingerprint density at radius 3 is 2.67 bits per heavy atom. The quantitative estimate of drug-likeness (QED) is 0.0555. The summed E-state index contributed by atoms with van der Waals surface area (Å²) in [6, 6.07) is 18.4. The predicted octanol–water partition coefficient (Wildman–Crippen LogP) is 6.45. The van der Waals surface area contributed by atoms with E-state index >= 15 is 0 Å². The van der Waals surface area contributed by atoms with Crippen molar-refractivity contribution in [1.29, 1.82) is 0 Å². The highest BCUT2D eigenvalue weighted by atomic mass is 35.5. The van der Waals surface area contributed by atoms with E-state index in [0.717, 1.165) is 5.56 Å². The maximum absolute atomic E-state index is 13.6. The van der Waals surface area contributed by atoms with Crippen molar-refractivity contribution in [2.45, 2.75) is 16.1 Å². The van der Waals surface area contributed by atoms with Crippen LogP contribution in [0, 0.1) is 0 Å². The molecule has 43 heavy (non-hydrogen) atoms. The van der Waals surface area contributed by atoms with E-state index in [9.17, 15) is 14.7 Å². The second-order valence-corrected chi connectivity index (χ2v) is 12.1. The van der Waals surface area contributed by atoms with E-state index in [4.69, 9.17) is 25.8 Å². The number of anilines is 1. The fraction of sp³-hybridized carbons (Fsp3) is 0.161. The van der Waals surface area contributed by atoms with Crippen LogP contribution in [0.15, 0.2) is 89.3 Å². The van der Waals surface area contributed by atoms with Crippen molar-refractivity contribution in [3.05, 3.63) is 107 Å². The topological polar surface area (TPSA) is 111 Å². The number of amides is 1. The molecule has 1 saturated heterocycles. The van der Waals surface area contributed by atoms with Gasteiger partial charge in [-0.15, -0.1) is 10.2 Å². The number of aromatic nitrogens is 2. The van der Waals surface area contributed by atoms with E-state index in [1.807, 2.05) is 24.3 Å². The van der Waals surface area contributed by atoms with Crippen LogP contribution in [0.5, 0.6) is 17.2 Å². The molecule has 0 spiro atoms. The normalized spacial score (nSPS) is 17.2. The number of thioether (sulfide) groups is 1. The fourth-order valence-electron chi connectivity index (χ4n) is 4.70. The lowest BCUT2D eigenvalue weighted by molar-refractivity contribution is -0.132. The number of aliphatic hydroxyl groups is 1. The first-order valence-electron chi connectivity index (χ1n) is 13.2. The molecule has 3 heterocycles. The first kappa shape index (κ1) is 28.8. The van der Waals surface area contributed by atoms with Gasteiger partial charge in [-0.1, -0.05) is 71.6 Å². The Hall–Kier alpha value is -4.32. The lowest BCUT2D eigenvalue weighted by Crippen LogP contribution is -2.29. The number of aliphatic hydroxyl groups excluding tert-OH is 1. The third kappa shape index (κ3) is 5.96. The highest BCUT2D eigenvalue weighted by Crippen LogP contribution is 2.45. The summed E-state index contributed by atoms with van der Waals surface area (Å²) in [5.41, 5.74) is 1.81. The first-order chi connectivity index (χ1) is 20.9. The molecular formula is C31H24ClN3O6S2. The monoisotopic (exact) mass is 633 g/mol. The standard InChI is InChI=1S/C31H24ClN3O6S2/c1-2-12-39-22-5-3-4-19(15-22)26-25(27(36)20-8-11-23-24(16-20)41-14-13-40-23)28(37)29(38)35(26)30-33-34-31(43-30)42-17-18-6-9-21(32)10-7-18/h2-11,15-16,26,36H,1,12-14,17H2/b27-25+/t26-/m0/s1. The second-order valence-electron chi connectivity index (χ2n) is 9.47. The van der Waals surface area contributed by atoms with Crippen molar-refractivity contribution in [3.63, 3.8) is 0 Å². The lowest BCUT2D eigenvalue weighted by Gasteiger charge is -2.23. The van der Waals surface area contributed by atoms with E-state index < -0.39 is 17.7 Å². The minimum atomic E-state index is -0.998. The van der Waals surface area contributed by atoms with Crippen LogP contribution in [-0.4, -0.2) is 46.8 Å². The summed E-state index contributed by atoms with van der Waals surface area (Å²) in [6.07, 6.45) is 1.62. The number of ether oxygens (including phenoxy) is 3. The molecule has 9 nitrogen and oxygen atoms in total. The lowest BCUT2D eigenvalue weighted by atomic mass is 9.95. The molecule has 0 bridgehead atoms. The number of benzene rings is 3. The Bertz CT molecular complexity index is 1740. The van der Waals surface area contributed by atoms with Crippen LogP contribution in [0.25, 0.3) is 5.76 Å². The number of hydrogen-bond donors (Lipinski definition) is 1. The molecule has 2 aliphatic rings. The smallest absolute Gasteiger partial charge is 0.301 e. The van der Waals surface area contributed by atoms with E-state index in [0.29, 0.717) is 56.7 Å². The van der Waals surface area contributed by atoms with Gasteiger partial charge in [0.05, 0.1) is 11.6 Å². The molecule has 1 atom stereocenters. The SMILES string of the molecule is C=CCOc1cccc([C@H]2/C(=C(\O)c3ccc4c(c3)OCCO4)C(=O)C(=O)N2c2nnc(SCc3ccc(Cl)cc3)s2)c1. The zero-order chi connectivity index (χ0) is 29.9. The van der Waals surface area contributed by atoms with E-state index in [1.54, 1.807) is 48.5 Å². The van der Waals surface area contributed by atoms with E-state index in [2.05, 4.69) is 16.8 Å². The van der Waals surface area contributed by atoms with Gasteiger partial charge in [0.2, 0.25) is 5.13 Å². The minimum absolute atomic E-state index is 0.0897. The number of Topliss-reactive ketones (excluding diaryl/α,β-unsaturated/α-hetero) is 1. The van der Waals surface area contributed by atoms with Crippen LogP contribution in [0.4, 0.5) is 5.13 Å². The molecular weight excluding hydrogens is 610 g/mol. The van der Waals surface area contributed by atoms with Crippen molar-refractivity contribution < 1.29 is 28.9 Å². The molecule has 1 amide bonds. The van der Waals surface area contributed by atoms with Gasteiger partial charge in [0.25, 0.3) is 5.78 Å². The molecule has 1 aromatic heterocycles. The molecule has 0 unspecified atom stereocenters. The van der Waals surface area contributed by atoms with Gasteiger partial charge in [-0.05, 0) is 53.6 Å². The molecule has 0 saturated carbocycles. The summed E-state index contributed by atoms with van der Waals surface area (Å²) >= 11 is 8.63. The van der Waals surface area contributed by atoms with Crippen molar-refractivity contribution in [3.8, 4) is 17.2 Å². The van der Waals surface area contributed by atoms with Gasteiger partial charge in [-0.25, -0.2) is 0 Å². The summed E-state index contributed by atoms with van der Waals surface area (Å²) in [7, 11) is 0. The van der Waals surface area contributed by atoms with Crippen LogP contribution in [0.1, 0.15) is 22.7 Å². The zero-order valence-electron chi connectivity index (χ0n) is 22.6. The van der Waals surface area contributed by atoms with E-state index in [-0.39, 0.29) is 23.1 Å². The average Bonchev–Trinajstić information content (AvgIpc) is 3.61. The van der Waals surface area contributed by atoms with Crippen LogP contribution < -0.4 is 19.1 Å². The Labute approximate surface area is 260 Å². The van der Waals surface area contributed by atoms with Gasteiger partial charge in [-0.3, -0.25) is 14.5 Å². The molecule has 6 rings (SSSR count). The summed E-state index contributed by atoms with van der Waals surface area (Å²) in [5, 5.41) is 21.0. The highest BCUT2D eigenvalue weighted by molar-refractivity contribution is 8.00. The molecule has 218 valence electrons. The van der Waals surface area contributed by atoms with Gasteiger partial charge in [0.1, 0.15) is 31.3 Å². The number of carbonyl (C=O) groups is 2. The number of hydrogen-bond acceptors (Lipinski definition) is 10. The highest BCUT2D eigenvalue weighted by Gasteiger charge is 2.48. The van der Waals surface area contributed by atoms with Crippen LogP contribution in [0.2, 0.25) is 5.02 Å². The molecule has 2 aliphatic heterocycles. The Morgan fingerprint density at radius 2 is 1.88 bits per heavy atom. The largest absolute Gasteiger partial charge is 0.507 e. The summed E-state index contributed by atoms with van der Waals surface area (Å²) in [5.74, 6) is 0.0748. The summed E-state index contributed by atoms with van der Waals surface area (Å²) in [6.45, 7) is 4.72. The fourth-order valence-corrected chi connectivity index (χ4v) is 6.65. The number of halogens is 1. The predicted molar refractivity (Wildman–Crippen MR) is 165 cm³/mol. The molecule has 4 aromatic rings. The molecule has 1 fully saturated rings. The molecule has 12 heteroatoms. The van der Waals surface area contributed by atoms with Crippen molar-refractivity contribution in [2.24, 2.45) is 0 Å². The number of nitrogens with zero attached hydrogens (tertiary/aromatic N) is 3. The van der Waals surface area contributed by atoms with Gasteiger partial charge in [0, 0.05) is 16.3 Å². The Balaban J connectivity index is 1.39. The van der Waals surface area contributed by atoms with Crippen molar-refractivity contribution in [1.82, 2.24) is 10.2 Å². The van der Waals surface area contributed by atoms with Gasteiger partial charge >= 0.3 is 5.91 Å². The minimum Gasteiger partial charge on any atom is -0.507 e. The maximum Gasteiger partial charge on any atom is 0.301 e. The molecule has 3 aromatic carbocycles.